The topological polar surface area (TPSA) is 59.8 Å². The van der Waals surface area contributed by atoms with E-state index < -0.39 is 0 Å². The second-order valence-electron chi connectivity index (χ2n) is 4.69. The Hall–Kier alpha value is -2.11. The molecule has 5 nitrogen and oxygen atoms in total. The van der Waals surface area contributed by atoms with Gasteiger partial charge in [-0.2, -0.15) is 0 Å². The summed E-state index contributed by atoms with van der Waals surface area (Å²) in [5, 5.41) is 11.7. The van der Waals surface area contributed by atoms with Crippen LogP contribution in [-0.2, 0) is 6.54 Å². The fourth-order valence-corrected chi connectivity index (χ4v) is 2.42. The number of halogens is 2. The number of nitrogens with zero attached hydrogens (tertiary/aromatic N) is 3. The van der Waals surface area contributed by atoms with Crippen LogP contribution in [-0.4, -0.2) is 20.9 Å². The third-order valence-electron chi connectivity index (χ3n) is 3.25. The van der Waals surface area contributed by atoms with E-state index in [9.17, 15) is 4.79 Å². The summed E-state index contributed by atoms with van der Waals surface area (Å²) in [6.07, 6.45) is 0. The Morgan fingerprint density at radius 2 is 2.00 bits per heavy atom. The summed E-state index contributed by atoms with van der Waals surface area (Å²) in [5.74, 6) is -0.244. The Kier molecular flexibility index (Phi) is 4.00. The minimum atomic E-state index is -0.244. The highest BCUT2D eigenvalue weighted by atomic mass is 35.5. The van der Waals surface area contributed by atoms with Gasteiger partial charge in [-0.15, -0.1) is 5.10 Å². The maximum atomic E-state index is 12.3. The lowest BCUT2D eigenvalue weighted by Gasteiger charge is -2.06. The number of carbonyl (C=O) groups is 1. The number of amides is 1. The summed E-state index contributed by atoms with van der Waals surface area (Å²) >= 11 is 11.8. The normalized spacial score (nSPS) is 10.9. The Morgan fingerprint density at radius 3 is 2.73 bits per heavy atom. The summed E-state index contributed by atoms with van der Waals surface area (Å²) < 4.78 is 1.77. The van der Waals surface area contributed by atoms with Gasteiger partial charge in [0.15, 0.2) is 0 Å². The van der Waals surface area contributed by atoms with Gasteiger partial charge in [-0.25, -0.2) is 4.68 Å². The zero-order valence-corrected chi connectivity index (χ0v) is 13.2. The SMILES string of the molecule is CCn1nnc2cc(C(=O)Nc3ccc(Cl)c(Cl)c3)ccc21. The van der Waals surface area contributed by atoms with Crippen molar-refractivity contribution in [3.05, 3.63) is 52.0 Å². The predicted molar refractivity (Wildman–Crippen MR) is 87.6 cm³/mol. The van der Waals surface area contributed by atoms with E-state index in [2.05, 4.69) is 15.6 Å². The molecule has 3 aromatic rings. The molecule has 0 aliphatic rings. The molecule has 0 fully saturated rings. The molecule has 1 aromatic heterocycles. The van der Waals surface area contributed by atoms with Gasteiger partial charge < -0.3 is 5.32 Å². The summed E-state index contributed by atoms with van der Waals surface area (Å²) in [6, 6.07) is 10.2. The molecule has 0 saturated heterocycles. The number of rotatable bonds is 3. The van der Waals surface area contributed by atoms with Gasteiger partial charge in [-0.05, 0) is 43.3 Å². The van der Waals surface area contributed by atoms with Crippen LogP contribution in [0.5, 0.6) is 0 Å². The van der Waals surface area contributed by atoms with Gasteiger partial charge in [0.05, 0.1) is 15.6 Å². The molecule has 1 heterocycles. The van der Waals surface area contributed by atoms with Crippen molar-refractivity contribution >= 4 is 45.8 Å². The van der Waals surface area contributed by atoms with E-state index in [0.29, 0.717) is 26.8 Å². The smallest absolute Gasteiger partial charge is 0.255 e. The third kappa shape index (κ3) is 2.77. The van der Waals surface area contributed by atoms with Crippen LogP contribution in [0.4, 0.5) is 5.69 Å². The van der Waals surface area contributed by atoms with Crippen molar-refractivity contribution in [3.63, 3.8) is 0 Å². The first kappa shape index (κ1) is 14.8. The standard InChI is InChI=1S/C15H12Cl2N4O/c1-2-21-14-6-3-9(7-13(14)19-20-21)15(22)18-10-4-5-11(16)12(17)8-10/h3-8H,2H2,1H3,(H,18,22). The maximum Gasteiger partial charge on any atom is 0.255 e. The Morgan fingerprint density at radius 1 is 1.18 bits per heavy atom. The first-order chi connectivity index (χ1) is 10.6. The van der Waals surface area contributed by atoms with E-state index in [1.807, 2.05) is 13.0 Å². The highest BCUT2D eigenvalue weighted by molar-refractivity contribution is 6.42. The first-order valence-electron chi connectivity index (χ1n) is 6.68. The van der Waals surface area contributed by atoms with Gasteiger partial charge >= 0.3 is 0 Å². The van der Waals surface area contributed by atoms with Gasteiger partial charge in [0.2, 0.25) is 0 Å². The third-order valence-corrected chi connectivity index (χ3v) is 3.99. The molecular formula is C15H12Cl2N4O. The average Bonchev–Trinajstić information content (AvgIpc) is 2.93. The van der Waals surface area contributed by atoms with Crippen LogP contribution in [0.1, 0.15) is 17.3 Å². The van der Waals surface area contributed by atoms with E-state index in [1.165, 1.54) is 0 Å². The molecule has 7 heteroatoms. The number of fused-ring (bicyclic) bond motifs is 1. The monoisotopic (exact) mass is 334 g/mol. The molecule has 1 amide bonds. The fraction of sp³-hybridized carbons (Fsp3) is 0.133. The van der Waals surface area contributed by atoms with Crippen molar-refractivity contribution in [1.29, 1.82) is 0 Å². The lowest BCUT2D eigenvalue weighted by atomic mass is 10.2. The molecule has 3 rings (SSSR count). The Balaban J connectivity index is 1.86. The number of aromatic nitrogens is 3. The summed E-state index contributed by atoms with van der Waals surface area (Å²) in [4.78, 5) is 12.3. The molecule has 1 N–H and O–H groups in total. The van der Waals surface area contributed by atoms with Gasteiger partial charge in [-0.3, -0.25) is 4.79 Å². The highest BCUT2D eigenvalue weighted by Crippen LogP contribution is 2.25. The lowest BCUT2D eigenvalue weighted by molar-refractivity contribution is 0.102. The second-order valence-corrected chi connectivity index (χ2v) is 5.51. The quantitative estimate of drug-likeness (QED) is 0.787. The van der Waals surface area contributed by atoms with E-state index in [1.54, 1.807) is 35.0 Å². The Bertz CT molecular complexity index is 860. The minimum Gasteiger partial charge on any atom is -0.322 e. The van der Waals surface area contributed by atoms with Crippen molar-refractivity contribution in [2.24, 2.45) is 0 Å². The van der Waals surface area contributed by atoms with Crippen molar-refractivity contribution in [1.82, 2.24) is 15.0 Å². The van der Waals surface area contributed by atoms with Gasteiger partial charge in [-0.1, -0.05) is 28.4 Å². The molecule has 112 valence electrons. The fourth-order valence-electron chi connectivity index (χ4n) is 2.12. The number of nitrogens with one attached hydrogen (secondary N) is 1. The van der Waals surface area contributed by atoms with Gasteiger partial charge in [0, 0.05) is 17.8 Å². The van der Waals surface area contributed by atoms with Crippen LogP contribution in [0.25, 0.3) is 11.0 Å². The van der Waals surface area contributed by atoms with E-state index >= 15 is 0 Å². The Labute approximate surface area is 136 Å². The van der Waals surface area contributed by atoms with Crippen LogP contribution >= 0.6 is 23.2 Å². The predicted octanol–water partition coefficient (Wildman–Crippen LogP) is 4.01. The number of carbonyl (C=O) groups excluding carboxylic acids is 1. The summed E-state index contributed by atoms with van der Waals surface area (Å²) in [6.45, 7) is 2.71. The van der Waals surface area contributed by atoms with E-state index in [4.69, 9.17) is 23.2 Å². The largest absolute Gasteiger partial charge is 0.322 e. The highest BCUT2D eigenvalue weighted by Gasteiger charge is 2.10. The minimum absolute atomic E-state index is 0.244. The first-order valence-corrected chi connectivity index (χ1v) is 7.43. The average molecular weight is 335 g/mol. The number of hydrogen-bond donors (Lipinski definition) is 1. The summed E-state index contributed by atoms with van der Waals surface area (Å²) in [5.41, 5.74) is 2.66. The number of anilines is 1. The van der Waals surface area contributed by atoms with Crippen LogP contribution < -0.4 is 5.32 Å². The van der Waals surface area contributed by atoms with E-state index in [-0.39, 0.29) is 5.91 Å². The second kappa shape index (κ2) is 5.94. The van der Waals surface area contributed by atoms with Crippen molar-refractivity contribution in [3.8, 4) is 0 Å². The molecular weight excluding hydrogens is 323 g/mol. The van der Waals surface area contributed by atoms with Gasteiger partial charge in [0.25, 0.3) is 5.91 Å². The van der Waals surface area contributed by atoms with Crippen LogP contribution in [0.2, 0.25) is 10.0 Å². The number of aryl methyl sites for hydroxylation is 1. The van der Waals surface area contributed by atoms with Gasteiger partial charge in [0.1, 0.15) is 5.52 Å². The van der Waals surface area contributed by atoms with E-state index in [0.717, 1.165) is 12.1 Å². The molecule has 0 saturated carbocycles. The molecule has 22 heavy (non-hydrogen) atoms. The van der Waals surface area contributed by atoms with Crippen molar-refractivity contribution in [2.45, 2.75) is 13.5 Å². The van der Waals surface area contributed by atoms with Crippen molar-refractivity contribution < 1.29 is 4.79 Å². The zero-order valence-electron chi connectivity index (χ0n) is 11.7. The van der Waals surface area contributed by atoms with Crippen LogP contribution in [0.15, 0.2) is 36.4 Å². The van der Waals surface area contributed by atoms with Crippen LogP contribution in [0, 0.1) is 0 Å². The molecule has 2 aromatic carbocycles. The maximum absolute atomic E-state index is 12.3. The molecule has 0 atom stereocenters. The lowest BCUT2D eigenvalue weighted by Crippen LogP contribution is -2.11. The number of benzene rings is 2. The molecule has 0 bridgehead atoms. The molecule has 0 aliphatic carbocycles. The molecule has 0 radical (unpaired) electrons. The number of hydrogen-bond acceptors (Lipinski definition) is 3. The zero-order chi connectivity index (χ0) is 15.7. The summed E-state index contributed by atoms with van der Waals surface area (Å²) in [7, 11) is 0. The molecule has 0 aliphatic heterocycles. The van der Waals surface area contributed by atoms with Crippen molar-refractivity contribution in [2.75, 3.05) is 5.32 Å². The van der Waals surface area contributed by atoms with Crippen LogP contribution in [0.3, 0.4) is 0 Å². The molecule has 0 unspecified atom stereocenters. The molecule has 0 spiro atoms.